The van der Waals surface area contributed by atoms with Gasteiger partial charge >= 0.3 is 0 Å². The normalized spacial score (nSPS) is 29.0. The zero-order chi connectivity index (χ0) is 18.5. The van der Waals surface area contributed by atoms with Crippen molar-refractivity contribution in [3.05, 3.63) is 35.4 Å². The molecule has 2 aliphatic rings. The molecule has 2 N–H and O–H groups in total. The molecule has 0 saturated heterocycles. The van der Waals surface area contributed by atoms with Crippen molar-refractivity contribution in [1.29, 1.82) is 0 Å². The van der Waals surface area contributed by atoms with E-state index in [9.17, 15) is 9.59 Å². The highest BCUT2D eigenvalue weighted by Gasteiger charge is 2.29. The number of hydrogen-bond acceptors (Lipinski definition) is 2. The summed E-state index contributed by atoms with van der Waals surface area (Å²) in [7, 11) is 0. The number of rotatable bonds is 4. The number of amides is 2. The van der Waals surface area contributed by atoms with Crippen LogP contribution in [0.5, 0.6) is 0 Å². The molecule has 1 aromatic carbocycles. The van der Waals surface area contributed by atoms with Crippen molar-refractivity contribution in [2.75, 3.05) is 0 Å². The lowest BCUT2D eigenvalue weighted by atomic mass is 9.77. The molecule has 0 unspecified atom stereocenters. The molecule has 1 aromatic rings. The first-order valence-electron chi connectivity index (χ1n) is 10.2. The molecule has 4 atom stereocenters. The van der Waals surface area contributed by atoms with Crippen LogP contribution in [0.25, 0.3) is 0 Å². The van der Waals surface area contributed by atoms with Crippen LogP contribution in [0.1, 0.15) is 88.2 Å². The van der Waals surface area contributed by atoms with Crippen molar-refractivity contribution in [3.8, 4) is 0 Å². The van der Waals surface area contributed by atoms with E-state index in [2.05, 4.69) is 34.9 Å². The first kappa shape index (κ1) is 18.9. The molecule has 3 rings (SSSR count). The van der Waals surface area contributed by atoms with Gasteiger partial charge in [0.25, 0.3) is 0 Å². The van der Waals surface area contributed by atoms with E-state index in [1.807, 2.05) is 0 Å². The highest BCUT2D eigenvalue weighted by atomic mass is 16.2. The molecule has 0 bridgehead atoms. The minimum Gasteiger partial charge on any atom is -0.353 e. The van der Waals surface area contributed by atoms with Crippen LogP contribution in [-0.4, -0.2) is 23.9 Å². The van der Waals surface area contributed by atoms with Gasteiger partial charge in [0.2, 0.25) is 11.8 Å². The minimum absolute atomic E-state index is 0.0684. The fourth-order valence-corrected chi connectivity index (χ4v) is 4.92. The smallest absolute Gasteiger partial charge is 0.217 e. The Morgan fingerprint density at radius 1 is 0.692 bits per heavy atom. The van der Waals surface area contributed by atoms with E-state index in [0.29, 0.717) is 11.8 Å². The lowest BCUT2D eigenvalue weighted by Gasteiger charge is -2.34. The Balaban J connectivity index is 1.74. The summed E-state index contributed by atoms with van der Waals surface area (Å²) in [6.07, 6.45) is 9.27. The molecule has 4 nitrogen and oxygen atoms in total. The number of carbonyl (C=O) groups excluding carboxylic acids is 2. The molecule has 2 aliphatic carbocycles. The summed E-state index contributed by atoms with van der Waals surface area (Å²) >= 11 is 0. The van der Waals surface area contributed by atoms with Crippen LogP contribution in [0.3, 0.4) is 0 Å². The molecule has 0 aliphatic heterocycles. The van der Waals surface area contributed by atoms with Crippen molar-refractivity contribution in [1.82, 2.24) is 10.6 Å². The van der Waals surface area contributed by atoms with Gasteiger partial charge in [-0.2, -0.15) is 0 Å². The topological polar surface area (TPSA) is 58.2 Å². The predicted octanol–water partition coefficient (Wildman–Crippen LogP) is 4.01. The first-order valence-corrected chi connectivity index (χ1v) is 10.2. The Labute approximate surface area is 157 Å². The van der Waals surface area contributed by atoms with Gasteiger partial charge in [0, 0.05) is 37.8 Å². The molecule has 0 aromatic heterocycles. The Bertz CT molecular complexity index is 571. The van der Waals surface area contributed by atoms with Crippen molar-refractivity contribution < 1.29 is 9.59 Å². The quantitative estimate of drug-likeness (QED) is 0.856. The average molecular weight is 357 g/mol. The highest BCUT2D eigenvalue weighted by molar-refractivity contribution is 5.73. The summed E-state index contributed by atoms with van der Waals surface area (Å²) in [6.45, 7) is 3.22. The molecular weight excluding hydrogens is 324 g/mol. The fourth-order valence-electron chi connectivity index (χ4n) is 4.92. The van der Waals surface area contributed by atoms with Crippen LogP contribution in [-0.2, 0) is 9.59 Å². The number of benzene rings is 1. The lowest BCUT2D eigenvalue weighted by Crippen LogP contribution is -2.40. The summed E-state index contributed by atoms with van der Waals surface area (Å²) in [6, 6.07) is 9.51. The summed E-state index contributed by atoms with van der Waals surface area (Å²) in [4.78, 5) is 23.1. The third kappa shape index (κ3) is 4.66. The fraction of sp³-hybridized carbons (Fsp3) is 0.636. The zero-order valence-corrected chi connectivity index (χ0v) is 16.1. The maximum atomic E-state index is 11.5. The van der Waals surface area contributed by atoms with Crippen LogP contribution < -0.4 is 10.6 Å². The van der Waals surface area contributed by atoms with Gasteiger partial charge in [0.1, 0.15) is 0 Å². The third-order valence-electron chi connectivity index (χ3n) is 6.10. The second kappa shape index (κ2) is 8.70. The van der Waals surface area contributed by atoms with Crippen LogP contribution in [0.2, 0.25) is 0 Å². The van der Waals surface area contributed by atoms with Crippen molar-refractivity contribution >= 4 is 11.8 Å². The van der Waals surface area contributed by atoms with E-state index in [1.165, 1.54) is 36.8 Å². The van der Waals surface area contributed by atoms with Crippen molar-refractivity contribution in [3.63, 3.8) is 0 Å². The molecule has 26 heavy (non-hydrogen) atoms. The summed E-state index contributed by atoms with van der Waals surface area (Å²) in [5.74, 6) is 0.969. The predicted molar refractivity (Wildman–Crippen MR) is 104 cm³/mol. The maximum Gasteiger partial charge on any atom is 0.217 e. The van der Waals surface area contributed by atoms with Gasteiger partial charge in [-0.05, 0) is 36.8 Å². The Hall–Kier alpha value is -1.84. The van der Waals surface area contributed by atoms with E-state index in [0.717, 1.165) is 25.7 Å². The van der Waals surface area contributed by atoms with Gasteiger partial charge in [-0.15, -0.1) is 0 Å². The van der Waals surface area contributed by atoms with Gasteiger partial charge in [0.05, 0.1) is 0 Å². The monoisotopic (exact) mass is 356 g/mol. The largest absolute Gasteiger partial charge is 0.353 e. The molecule has 4 heteroatoms. The summed E-state index contributed by atoms with van der Waals surface area (Å²) < 4.78 is 0. The molecule has 2 amide bonds. The molecule has 0 radical (unpaired) electrons. The van der Waals surface area contributed by atoms with Gasteiger partial charge in [-0.1, -0.05) is 49.9 Å². The SMILES string of the molecule is CC(=O)N[C@H]1CCCC[C@H]1c1ccc([C@@H]2CCCC[C@H]2NC(C)=O)cc1. The van der Waals surface area contributed by atoms with E-state index < -0.39 is 0 Å². The van der Waals surface area contributed by atoms with Crippen LogP contribution in [0, 0.1) is 0 Å². The Kier molecular flexibility index (Phi) is 6.33. The van der Waals surface area contributed by atoms with E-state index >= 15 is 0 Å². The first-order chi connectivity index (χ1) is 12.5. The molecule has 142 valence electrons. The van der Waals surface area contributed by atoms with Crippen LogP contribution >= 0.6 is 0 Å². The van der Waals surface area contributed by atoms with E-state index in [1.54, 1.807) is 13.8 Å². The van der Waals surface area contributed by atoms with Gasteiger partial charge in [0.15, 0.2) is 0 Å². The summed E-state index contributed by atoms with van der Waals surface area (Å²) in [5.41, 5.74) is 2.66. The van der Waals surface area contributed by atoms with Gasteiger partial charge in [-0.3, -0.25) is 9.59 Å². The van der Waals surface area contributed by atoms with E-state index in [-0.39, 0.29) is 23.9 Å². The number of carbonyl (C=O) groups is 2. The van der Waals surface area contributed by atoms with Crippen molar-refractivity contribution in [2.45, 2.75) is 89.1 Å². The number of nitrogens with one attached hydrogen (secondary N) is 2. The standard InChI is InChI=1S/C22H32N2O2/c1-15(25)23-21-9-5-3-7-19(21)17-11-13-18(14-12-17)20-8-4-6-10-22(20)24-16(2)26/h11-14,19-22H,3-10H2,1-2H3,(H,23,25)(H,24,26)/t19-,20-,21-,22+/m0/s1. The zero-order valence-electron chi connectivity index (χ0n) is 16.1. The molecule has 0 heterocycles. The molecular formula is C22H32N2O2. The average Bonchev–Trinajstić information content (AvgIpc) is 2.62. The Morgan fingerprint density at radius 2 is 1.04 bits per heavy atom. The maximum absolute atomic E-state index is 11.5. The second-order valence-corrected chi connectivity index (χ2v) is 8.06. The summed E-state index contributed by atoms with van der Waals surface area (Å²) in [5, 5.41) is 6.30. The van der Waals surface area contributed by atoms with E-state index in [4.69, 9.17) is 0 Å². The van der Waals surface area contributed by atoms with Crippen molar-refractivity contribution in [2.24, 2.45) is 0 Å². The molecule has 2 saturated carbocycles. The molecule has 2 fully saturated rings. The van der Waals surface area contributed by atoms with Crippen LogP contribution in [0.15, 0.2) is 24.3 Å². The second-order valence-electron chi connectivity index (χ2n) is 8.06. The molecule has 0 spiro atoms. The van der Waals surface area contributed by atoms with Gasteiger partial charge in [-0.25, -0.2) is 0 Å². The highest BCUT2D eigenvalue weighted by Crippen LogP contribution is 2.36. The number of hydrogen-bond donors (Lipinski definition) is 2. The Morgan fingerprint density at radius 3 is 1.38 bits per heavy atom. The third-order valence-corrected chi connectivity index (χ3v) is 6.10. The van der Waals surface area contributed by atoms with Gasteiger partial charge < -0.3 is 10.6 Å². The lowest BCUT2D eigenvalue weighted by molar-refractivity contribution is -0.120. The minimum atomic E-state index is 0.0684. The van der Waals surface area contributed by atoms with Crippen LogP contribution in [0.4, 0.5) is 0 Å².